The minimum absolute atomic E-state index is 0.0133. The highest BCUT2D eigenvalue weighted by Crippen LogP contribution is 2.45. The number of nitrogens with zero attached hydrogens (tertiary/aromatic N) is 2. The Morgan fingerprint density at radius 1 is 1.15 bits per heavy atom. The van der Waals surface area contributed by atoms with Crippen molar-refractivity contribution in [2.45, 2.75) is 31.6 Å². The molecule has 40 heavy (non-hydrogen) atoms. The first-order valence-corrected chi connectivity index (χ1v) is 14.3. The smallest absolute Gasteiger partial charge is 0.187 e. The SMILES string of the molecule is CC1C=CC(CCS(=O)[O-])=c2ccc3c(c21)C(=O)C=C1C(N2C=CC=NC=C2)=CCC(c2ccc(F)cc2F)C=31. The van der Waals surface area contributed by atoms with E-state index < -0.39 is 28.6 Å². The van der Waals surface area contributed by atoms with E-state index >= 15 is 4.39 Å². The number of benzene rings is 2. The molecule has 202 valence electrons. The number of hydrogen-bond acceptors (Lipinski definition) is 5. The van der Waals surface area contributed by atoms with Crippen LogP contribution in [0.25, 0.3) is 11.1 Å². The molecule has 0 amide bonds. The van der Waals surface area contributed by atoms with Crippen molar-refractivity contribution in [3.05, 3.63) is 129 Å². The summed E-state index contributed by atoms with van der Waals surface area (Å²) >= 11 is -2.18. The normalized spacial score (nSPS) is 21.9. The second kappa shape index (κ2) is 10.5. The lowest BCUT2D eigenvalue weighted by molar-refractivity contribution is 0.104. The molecule has 8 heteroatoms. The van der Waals surface area contributed by atoms with Gasteiger partial charge in [0.15, 0.2) is 5.78 Å². The van der Waals surface area contributed by atoms with Crippen LogP contribution in [0.1, 0.15) is 53.1 Å². The Morgan fingerprint density at radius 2 is 1.98 bits per heavy atom. The molecule has 5 nitrogen and oxygen atoms in total. The van der Waals surface area contributed by atoms with Gasteiger partial charge in [-0.3, -0.25) is 14.0 Å². The third-order valence-corrected chi connectivity index (χ3v) is 8.33. The van der Waals surface area contributed by atoms with Crippen LogP contribution in [0.15, 0.2) is 95.6 Å². The van der Waals surface area contributed by atoms with Crippen LogP contribution < -0.4 is 10.4 Å². The minimum Gasteiger partial charge on any atom is -0.772 e. The number of hydrogen-bond donors (Lipinski definition) is 0. The average Bonchev–Trinajstić information content (AvgIpc) is 3.21. The van der Waals surface area contributed by atoms with E-state index in [0.29, 0.717) is 34.8 Å². The number of carbonyl (C=O) groups excluding carboxylic acids is 1. The second-order valence-corrected chi connectivity index (χ2v) is 11.1. The van der Waals surface area contributed by atoms with Crippen LogP contribution in [0.3, 0.4) is 0 Å². The monoisotopic (exact) mass is 555 g/mol. The number of rotatable bonds is 5. The maximum atomic E-state index is 15.2. The number of ketones is 1. The molecule has 3 aliphatic carbocycles. The van der Waals surface area contributed by atoms with Crippen molar-refractivity contribution in [1.82, 2.24) is 4.90 Å². The van der Waals surface area contributed by atoms with Crippen molar-refractivity contribution in [3.63, 3.8) is 0 Å². The summed E-state index contributed by atoms with van der Waals surface area (Å²) in [4.78, 5) is 20.0. The number of fused-ring (bicyclic) bond motifs is 4. The number of carbonyl (C=O) groups is 1. The summed E-state index contributed by atoms with van der Waals surface area (Å²) in [5.41, 5.74) is 4.87. The van der Waals surface area contributed by atoms with E-state index in [1.165, 1.54) is 12.1 Å². The van der Waals surface area contributed by atoms with Crippen LogP contribution in [0, 0.1) is 11.6 Å². The molecule has 1 heterocycles. The van der Waals surface area contributed by atoms with Crippen LogP contribution in [-0.4, -0.2) is 31.4 Å². The van der Waals surface area contributed by atoms with Crippen molar-refractivity contribution < 1.29 is 22.3 Å². The molecule has 6 rings (SSSR count). The first-order valence-electron chi connectivity index (χ1n) is 13.0. The molecule has 0 fully saturated rings. The summed E-state index contributed by atoms with van der Waals surface area (Å²) < 4.78 is 51.6. The lowest BCUT2D eigenvalue weighted by Crippen LogP contribution is -2.35. The first-order chi connectivity index (χ1) is 19.3. The van der Waals surface area contributed by atoms with Gasteiger partial charge in [-0.1, -0.05) is 54.4 Å². The molecule has 0 N–H and O–H groups in total. The van der Waals surface area contributed by atoms with E-state index in [2.05, 4.69) is 4.99 Å². The predicted octanol–water partition coefficient (Wildman–Crippen LogP) is 4.77. The highest BCUT2D eigenvalue weighted by molar-refractivity contribution is 7.79. The van der Waals surface area contributed by atoms with Gasteiger partial charge >= 0.3 is 0 Å². The maximum absolute atomic E-state index is 15.2. The van der Waals surface area contributed by atoms with Crippen LogP contribution >= 0.6 is 0 Å². The Labute approximate surface area is 232 Å². The summed E-state index contributed by atoms with van der Waals surface area (Å²) in [6.07, 6.45) is 17.0. The van der Waals surface area contributed by atoms with Gasteiger partial charge in [0.25, 0.3) is 0 Å². The molecule has 4 aliphatic rings. The predicted molar refractivity (Wildman–Crippen MR) is 151 cm³/mol. The van der Waals surface area contributed by atoms with E-state index in [1.807, 2.05) is 48.4 Å². The lowest BCUT2D eigenvalue weighted by atomic mass is 9.72. The molecular weight excluding hydrogens is 530 g/mol. The molecule has 0 saturated carbocycles. The largest absolute Gasteiger partial charge is 0.772 e. The van der Waals surface area contributed by atoms with Crippen molar-refractivity contribution in [2.24, 2.45) is 4.99 Å². The van der Waals surface area contributed by atoms with Gasteiger partial charge in [0, 0.05) is 65.3 Å². The Hall–Kier alpha value is -4.01. The fourth-order valence-corrected chi connectivity index (χ4v) is 6.44. The Balaban J connectivity index is 1.63. The zero-order chi connectivity index (χ0) is 28.0. The standard InChI is InChI=1S/C32H26F2N2O3S/c1-19-3-4-20(11-16-40(38)39)22-7-8-25-31-24(23-6-5-21(33)17-27(23)34)9-10-28(36-14-2-12-35-13-15-36)26(31)18-29(37)32(25)30(19)22/h2-8,10,12-15,17-19,24H,9,11,16H2,1H3,(H,38,39)/p-1. The van der Waals surface area contributed by atoms with E-state index in [9.17, 15) is 17.9 Å². The minimum atomic E-state index is -2.18. The van der Waals surface area contributed by atoms with Crippen molar-refractivity contribution in [1.29, 1.82) is 0 Å². The van der Waals surface area contributed by atoms with Gasteiger partial charge in [-0.2, -0.15) is 0 Å². The molecule has 2 aromatic carbocycles. The van der Waals surface area contributed by atoms with E-state index in [4.69, 9.17) is 0 Å². The van der Waals surface area contributed by atoms with Crippen LogP contribution in [-0.2, 0) is 11.1 Å². The van der Waals surface area contributed by atoms with Gasteiger partial charge in [-0.25, -0.2) is 8.78 Å². The number of aliphatic imine (C=N–C) groups is 1. The molecule has 1 aliphatic heterocycles. The molecular formula is C32H25F2N2O3S-. The van der Waals surface area contributed by atoms with E-state index in [-0.39, 0.29) is 17.5 Å². The Morgan fingerprint density at radius 3 is 2.77 bits per heavy atom. The molecule has 0 spiro atoms. The van der Waals surface area contributed by atoms with Crippen molar-refractivity contribution in [2.75, 3.05) is 5.75 Å². The van der Waals surface area contributed by atoms with E-state index in [1.54, 1.807) is 30.8 Å². The fraction of sp³-hybridized carbons (Fsp3) is 0.188. The first kappa shape index (κ1) is 26.2. The van der Waals surface area contributed by atoms with Gasteiger partial charge in [0.05, 0.1) is 0 Å². The van der Waals surface area contributed by atoms with Gasteiger partial charge in [-0.15, -0.1) is 0 Å². The van der Waals surface area contributed by atoms with Crippen molar-refractivity contribution in [3.8, 4) is 0 Å². The average molecular weight is 556 g/mol. The topological polar surface area (TPSA) is 72.8 Å². The van der Waals surface area contributed by atoms with Gasteiger partial charge in [0.2, 0.25) is 0 Å². The van der Waals surface area contributed by atoms with Crippen LogP contribution in [0.2, 0.25) is 0 Å². The van der Waals surface area contributed by atoms with Crippen LogP contribution in [0.4, 0.5) is 8.78 Å². The summed E-state index contributed by atoms with van der Waals surface area (Å²) in [5, 5.41) is 1.57. The highest BCUT2D eigenvalue weighted by Gasteiger charge is 2.35. The quantitative estimate of drug-likeness (QED) is 0.498. The lowest BCUT2D eigenvalue weighted by Gasteiger charge is -2.35. The van der Waals surface area contributed by atoms with Gasteiger partial charge in [-0.05, 0) is 63.8 Å². The Bertz CT molecular complexity index is 1770. The maximum Gasteiger partial charge on any atom is 0.187 e. The van der Waals surface area contributed by atoms with Gasteiger partial charge < -0.3 is 9.45 Å². The van der Waals surface area contributed by atoms with Crippen molar-refractivity contribution >= 4 is 34.2 Å². The summed E-state index contributed by atoms with van der Waals surface area (Å²) in [6, 6.07) is 7.47. The highest BCUT2D eigenvalue weighted by atomic mass is 32.2. The summed E-state index contributed by atoms with van der Waals surface area (Å²) in [6.45, 7) is 2.01. The molecule has 3 atom stereocenters. The van der Waals surface area contributed by atoms with E-state index in [0.717, 1.165) is 33.7 Å². The summed E-state index contributed by atoms with van der Waals surface area (Å²) in [5.74, 6) is -1.99. The number of allylic oxidation sites excluding steroid dienone is 6. The second-order valence-electron chi connectivity index (χ2n) is 10.1. The molecule has 3 unspecified atom stereocenters. The molecule has 0 saturated heterocycles. The molecule has 0 radical (unpaired) electrons. The van der Waals surface area contributed by atoms with Crippen LogP contribution in [0.5, 0.6) is 0 Å². The molecule has 0 aromatic heterocycles. The molecule has 0 bridgehead atoms. The number of halogens is 2. The zero-order valence-corrected chi connectivity index (χ0v) is 22.5. The van der Waals surface area contributed by atoms with Gasteiger partial charge in [0.1, 0.15) is 11.6 Å². The Kier molecular flexibility index (Phi) is 6.90. The molecule has 2 aromatic rings. The third kappa shape index (κ3) is 4.57. The third-order valence-electron chi connectivity index (χ3n) is 7.79. The fourth-order valence-electron chi connectivity index (χ4n) is 6.05. The zero-order valence-electron chi connectivity index (χ0n) is 21.6. The summed E-state index contributed by atoms with van der Waals surface area (Å²) in [7, 11) is 0.